The number of aromatic hydroxyl groups is 1. The van der Waals surface area contributed by atoms with Gasteiger partial charge in [-0.2, -0.15) is 0 Å². The average molecular weight is 351 g/mol. The fraction of sp³-hybridized carbons (Fsp3) is 0.250. The van der Waals surface area contributed by atoms with Gasteiger partial charge in [-0.15, -0.1) is 0 Å². The van der Waals surface area contributed by atoms with Gasteiger partial charge in [0.25, 0.3) is 0 Å². The molecular weight excluding hydrogens is 330 g/mol. The number of benzene rings is 1. The average Bonchev–Trinajstić information content (AvgIpc) is 2.60. The molecule has 0 aliphatic carbocycles. The highest BCUT2D eigenvalue weighted by Gasteiger charge is 2.15. The molecule has 0 saturated carbocycles. The first-order valence-corrected chi connectivity index (χ1v) is 8.39. The molecule has 0 spiro atoms. The van der Waals surface area contributed by atoms with Crippen LogP contribution < -0.4 is 10.1 Å². The highest BCUT2D eigenvalue weighted by atomic mass is 16.5. The number of carbonyl (C=O) groups excluding carboxylic acids is 1. The Labute approximate surface area is 151 Å². The minimum absolute atomic E-state index is 0.0540. The molecule has 0 aliphatic rings. The summed E-state index contributed by atoms with van der Waals surface area (Å²) < 4.78 is 5.20. The maximum atomic E-state index is 12.3. The van der Waals surface area contributed by atoms with E-state index in [1.54, 1.807) is 31.4 Å². The summed E-state index contributed by atoms with van der Waals surface area (Å²) in [5, 5.41) is 13.4. The zero-order valence-electron chi connectivity index (χ0n) is 15.0. The lowest BCUT2D eigenvalue weighted by molar-refractivity contribution is -0.120. The van der Waals surface area contributed by atoms with Crippen molar-refractivity contribution in [1.29, 1.82) is 0 Å². The normalized spacial score (nSPS) is 10.9. The number of pyridine rings is 2. The minimum Gasteiger partial charge on any atom is -0.508 e. The van der Waals surface area contributed by atoms with Gasteiger partial charge in [0.2, 0.25) is 11.8 Å². The third-order valence-electron chi connectivity index (χ3n) is 3.85. The Morgan fingerprint density at radius 2 is 2.00 bits per heavy atom. The number of amides is 1. The molecule has 2 N–H and O–H groups in total. The maximum Gasteiger partial charge on any atom is 0.224 e. The molecule has 6 heteroatoms. The molecule has 0 unspecified atom stereocenters. The van der Waals surface area contributed by atoms with Gasteiger partial charge >= 0.3 is 0 Å². The van der Waals surface area contributed by atoms with Gasteiger partial charge in [0.1, 0.15) is 5.75 Å². The standard InChI is InChI=1S/C20H21N3O3/c1-12(2)21-18(25)11-14-9-13-10-15(24)7-8-16(13)23-20(14)17-5-4-6-19(22-17)26-3/h4-10,12,24H,11H2,1-3H3,(H,21,25). The van der Waals surface area contributed by atoms with E-state index in [4.69, 9.17) is 4.74 Å². The van der Waals surface area contributed by atoms with Crippen LogP contribution in [0.25, 0.3) is 22.3 Å². The summed E-state index contributed by atoms with van der Waals surface area (Å²) in [7, 11) is 1.56. The van der Waals surface area contributed by atoms with E-state index < -0.39 is 0 Å². The van der Waals surface area contributed by atoms with E-state index in [9.17, 15) is 9.90 Å². The summed E-state index contributed by atoms with van der Waals surface area (Å²) in [5.41, 5.74) is 2.71. The molecule has 1 aromatic carbocycles. The lowest BCUT2D eigenvalue weighted by Crippen LogP contribution is -2.31. The third kappa shape index (κ3) is 3.91. The Bertz CT molecular complexity index is 954. The molecule has 0 fully saturated rings. The van der Waals surface area contributed by atoms with Crippen LogP contribution in [-0.4, -0.2) is 34.1 Å². The smallest absolute Gasteiger partial charge is 0.224 e. The first-order valence-electron chi connectivity index (χ1n) is 8.39. The molecule has 6 nitrogen and oxygen atoms in total. The molecule has 1 amide bonds. The van der Waals surface area contributed by atoms with E-state index in [-0.39, 0.29) is 24.1 Å². The SMILES string of the molecule is COc1cccc(-c2nc3ccc(O)cc3cc2CC(=O)NC(C)C)n1. The molecule has 2 aromatic heterocycles. The predicted molar refractivity (Wildman–Crippen MR) is 100 cm³/mol. The van der Waals surface area contributed by atoms with Gasteiger partial charge in [-0.3, -0.25) is 4.79 Å². The van der Waals surface area contributed by atoms with Crippen molar-refractivity contribution < 1.29 is 14.6 Å². The summed E-state index contributed by atoms with van der Waals surface area (Å²) in [6, 6.07) is 12.3. The van der Waals surface area contributed by atoms with Crippen molar-refractivity contribution in [2.75, 3.05) is 7.11 Å². The molecule has 2 heterocycles. The molecule has 0 aliphatic heterocycles. The lowest BCUT2D eigenvalue weighted by atomic mass is 10.0. The molecule has 0 saturated heterocycles. The van der Waals surface area contributed by atoms with Gasteiger partial charge in [-0.1, -0.05) is 6.07 Å². The molecular formula is C20H21N3O3. The van der Waals surface area contributed by atoms with Gasteiger partial charge < -0.3 is 15.2 Å². The zero-order valence-corrected chi connectivity index (χ0v) is 15.0. The van der Waals surface area contributed by atoms with Gasteiger partial charge in [0.05, 0.1) is 30.4 Å². The second kappa shape index (κ2) is 7.39. The van der Waals surface area contributed by atoms with Gasteiger partial charge in [0.15, 0.2) is 0 Å². The summed E-state index contributed by atoms with van der Waals surface area (Å²) >= 11 is 0. The molecule has 3 rings (SSSR count). The topological polar surface area (TPSA) is 84.3 Å². The highest BCUT2D eigenvalue weighted by molar-refractivity contribution is 5.87. The molecule has 0 bridgehead atoms. The molecule has 134 valence electrons. The third-order valence-corrected chi connectivity index (χ3v) is 3.85. The van der Waals surface area contributed by atoms with E-state index in [2.05, 4.69) is 15.3 Å². The van der Waals surface area contributed by atoms with Crippen LogP contribution in [0.5, 0.6) is 11.6 Å². The Morgan fingerprint density at radius 3 is 2.73 bits per heavy atom. The van der Waals surface area contributed by atoms with Crippen molar-refractivity contribution in [1.82, 2.24) is 15.3 Å². The fourth-order valence-corrected chi connectivity index (χ4v) is 2.77. The van der Waals surface area contributed by atoms with Crippen LogP contribution in [0.2, 0.25) is 0 Å². The summed E-state index contributed by atoms with van der Waals surface area (Å²) in [6.45, 7) is 3.83. The van der Waals surface area contributed by atoms with Crippen LogP contribution in [0, 0.1) is 0 Å². The van der Waals surface area contributed by atoms with E-state index in [1.807, 2.05) is 32.0 Å². The molecule has 26 heavy (non-hydrogen) atoms. The number of ether oxygens (including phenoxy) is 1. The number of nitrogens with zero attached hydrogens (tertiary/aromatic N) is 2. The number of nitrogens with one attached hydrogen (secondary N) is 1. The number of aromatic nitrogens is 2. The number of fused-ring (bicyclic) bond motifs is 1. The molecule has 0 atom stereocenters. The van der Waals surface area contributed by atoms with Crippen molar-refractivity contribution in [3.05, 3.63) is 48.0 Å². The van der Waals surface area contributed by atoms with Crippen molar-refractivity contribution >= 4 is 16.8 Å². The summed E-state index contributed by atoms with van der Waals surface area (Å²) in [4.78, 5) is 21.4. The maximum absolute atomic E-state index is 12.3. The number of phenolic OH excluding ortho intramolecular Hbond substituents is 1. The van der Waals surface area contributed by atoms with Crippen molar-refractivity contribution in [3.63, 3.8) is 0 Å². The largest absolute Gasteiger partial charge is 0.508 e. The Kier molecular flexibility index (Phi) is 5.02. The number of carbonyl (C=O) groups is 1. The second-order valence-corrected chi connectivity index (χ2v) is 6.34. The Balaban J connectivity index is 2.12. The van der Waals surface area contributed by atoms with Crippen molar-refractivity contribution in [2.45, 2.75) is 26.3 Å². The molecule has 3 aromatic rings. The van der Waals surface area contributed by atoms with Gasteiger partial charge in [-0.05, 0) is 49.7 Å². The van der Waals surface area contributed by atoms with Crippen molar-refractivity contribution in [3.8, 4) is 23.0 Å². The van der Waals surface area contributed by atoms with Crippen LogP contribution in [0.4, 0.5) is 0 Å². The highest BCUT2D eigenvalue weighted by Crippen LogP contribution is 2.28. The monoisotopic (exact) mass is 351 g/mol. The van der Waals surface area contributed by atoms with E-state index in [1.165, 1.54) is 0 Å². The molecule has 0 radical (unpaired) electrons. The zero-order chi connectivity index (χ0) is 18.7. The van der Waals surface area contributed by atoms with Crippen LogP contribution in [0.3, 0.4) is 0 Å². The first-order chi connectivity index (χ1) is 12.5. The fourth-order valence-electron chi connectivity index (χ4n) is 2.77. The Hall–Kier alpha value is -3.15. The van der Waals surface area contributed by atoms with E-state index in [0.717, 1.165) is 16.5 Å². The second-order valence-electron chi connectivity index (χ2n) is 6.34. The summed E-state index contributed by atoms with van der Waals surface area (Å²) in [6.07, 6.45) is 0.172. The van der Waals surface area contributed by atoms with Crippen LogP contribution >= 0.6 is 0 Å². The minimum atomic E-state index is -0.0922. The number of rotatable bonds is 5. The number of methoxy groups -OCH3 is 1. The number of phenols is 1. The predicted octanol–water partition coefficient (Wildman–Crippen LogP) is 3.08. The van der Waals surface area contributed by atoms with Gasteiger partial charge in [-0.25, -0.2) is 9.97 Å². The lowest BCUT2D eigenvalue weighted by Gasteiger charge is -2.13. The Morgan fingerprint density at radius 1 is 1.19 bits per heavy atom. The number of hydrogen-bond acceptors (Lipinski definition) is 5. The van der Waals surface area contributed by atoms with E-state index >= 15 is 0 Å². The van der Waals surface area contributed by atoms with Crippen LogP contribution in [0.1, 0.15) is 19.4 Å². The first kappa shape index (κ1) is 17.7. The number of hydrogen-bond donors (Lipinski definition) is 2. The van der Waals surface area contributed by atoms with Crippen LogP contribution in [-0.2, 0) is 11.2 Å². The van der Waals surface area contributed by atoms with E-state index in [0.29, 0.717) is 17.3 Å². The van der Waals surface area contributed by atoms with Gasteiger partial charge in [0, 0.05) is 17.5 Å². The quantitative estimate of drug-likeness (QED) is 0.738. The van der Waals surface area contributed by atoms with Crippen molar-refractivity contribution in [2.24, 2.45) is 0 Å². The summed E-state index contributed by atoms with van der Waals surface area (Å²) in [5.74, 6) is 0.544. The van der Waals surface area contributed by atoms with Crippen LogP contribution in [0.15, 0.2) is 42.5 Å².